The van der Waals surface area contributed by atoms with Crippen molar-refractivity contribution in [3.05, 3.63) is 33.1 Å². The molecule has 2 heterocycles. The van der Waals surface area contributed by atoms with Gasteiger partial charge in [-0.25, -0.2) is 13.9 Å². The summed E-state index contributed by atoms with van der Waals surface area (Å²) in [5, 5.41) is 9.99. The van der Waals surface area contributed by atoms with Crippen LogP contribution >= 0.6 is 7.82 Å². The van der Waals surface area contributed by atoms with Crippen LogP contribution in [-0.4, -0.2) is 44.7 Å². The van der Waals surface area contributed by atoms with E-state index in [2.05, 4.69) is 14.0 Å². The highest BCUT2D eigenvalue weighted by Crippen LogP contribution is 2.46. The number of hydrogen-bond acceptors (Lipinski definition) is 9. The van der Waals surface area contributed by atoms with Gasteiger partial charge in [-0.3, -0.25) is 23.7 Å². The molecular formula is C15H23N2O10P. The lowest BCUT2D eigenvalue weighted by Gasteiger charge is -2.22. The lowest BCUT2D eigenvalue weighted by molar-refractivity contribution is -0.165. The molecule has 0 spiro atoms. The van der Waals surface area contributed by atoms with Gasteiger partial charge in [0.2, 0.25) is 6.79 Å². The minimum absolute atomic E-state index is 0.205. The first-order chi connectivity index (χ1) is 12.9. The molecule has 28 heavy (non-hydrogen) atoms. The van der Waals surface area contributed by atoms with Crippen molar-refractivity contribution in [1.29, 1.82) is 0 Å². The van der Waals surface area contributed by atoms with Gasteiger partial charge in [-0.05, 0) is 33.6 Å². The van der Waals surface area contributed by atoms with Gasteiger partial charge in [0.15, 0.2) is 6.29 Å². The smallest absolute Gasteiger partial charge is 0.437 e. The highest BCUT2D eigenvalue weighted by atomic mass is 31.2. The molecule has 1 aromatic rings. The third-order valence-corrected chi connectivity index (χ3v) is 4.68. The molecule has 0 amide bonds. The van der Waals surface area contributed by atoms with Crippen LogP contribution in [0, 0.1) is 5.41 Å². The second-order valence-corrected chi connectivity index (χ2v) is 8.52. The molecule has 0 saturated carbocycles. The van der Waals surface area contributed by atoms with E-state index < -0.39 is 55.9 Å². The second-order valence-electron chi connectivity index (χ2n) is 7.12. The van der Waals surface area contributed by atoms with Gasteiger partial charge in [-0.1, -0.05) is 0 Å². The standard InChI is InChI=1S/C15H23N2O10P/c1-15(2,3)13(20)24-8-25-28(22,23)27-12(19)9-4-5-11(26-9)17-7-6-10(18)16-14(17)21/h6-7,9,11-12,19H,4-5,8H2,1-3H3,(H,22,23)(H,16,18,21)/t9-,11+,12?/m0/s1. The van der Waals surface area contributed by atoms with Crippen LogP contribution in [0.1, 0.15) is 39.8 Å². The van der Waals surface area contributed by atoms with Gasteiger partial charge in [0.1, 0.15) is 12.3 Å². The fourth-order valence-electron chi connectivity index (χ4n) is 2.31. The molecule has 0 aromatic carbocycles. The summed E-state index contributed by atoms with van der Waals surface area (Å²) in [7, 11) is -4.74. The van der Waals surface area contributed by atoms with Gasteiger partial charge < -0.3 is 19.5 Å². The van der Waals surface area contributed by atoms with E-state index in [0.29, 0.717) is 0 Å². The predicted molar refractivity (Wildman–Crippen MR) is 92.9 cm³/mol. The Balaban J connectivity index is 1.87. The lowest BCUT2D eigenvalue weighted by Crippen LogP contribution is -2.33. The molecule has 0 radical (unpaired) electrons. The van der Waals surface area contributed by atoms with Crippen LogP contribution < -0.4 is 11.2 Å². The van der Waals surface area contributed by atoms with E-state index in [-0.39, 0.29) is 12.8 Å². The summed E-state index contributed by atoms with van der Waals surface area (Å²) in [6, 6.07) is 1.14. The Labute approximate surface area is 159 Å². The first kappa shape index (κ1) is 22.5. The summed E-state index contributed by atoms with van der Waals surface area (Å²) in [6.07, 6.45) is -1.92. The van der Waals surface area contributed by atoms with Crippen molar-refractivity contribution in [2.24, 2.45) is 5.41 Å². The van der Waals surface area contributed by atoms with Gasteiger partial charge in [0, 0.05) is 12.3 Å². The van der Waals surface area contributed by atoms with Crippen molar-refractivity contribution < 1.29 is 37.9 Å². The minimum Gasteiger partial charge on any atom is -0.437 e. The Morgan fingerprint density at radius 2 is 2.11 bits per heavy atom. The number of nitrogens with one attached hydrogen (secondary N) is 1. The number of aromatic nitrogens is 2. The number of aromatic amines is 1. The maximum atomic E-state index is 11.9. The summed E-state index contributed by atoms with van der Waals surface area (Å²) in [4.78, 5) is 46.1. The summed E-state index contributed by atoms with van der Waals surface area (Å²) in [5.74, 6) is -0.652. The minimum atomic E-state index is -4.74. The van der Waals surface area contributed by atoms with Gasteiger partial charge in [0.05, 0.1) is 5.41 Å². The molecule has 4 atom stereocenters. The summed E-state index contributed by atoms with van der Waals surface area (Å²) in [6.45, 7) is 3.94. The van der Waals surface area contributed by atoms with E-state index in [1.165, 1.54) is 6.20 Å². The molecule has 158 valence electrons. The zero-order chi connectivity index (χ0) is 21.1. The van der Waals surface area contributed by atoms with Crippen LogP contribution in [0.3, 0.4) is 0 Å². The maximum absolute atomic E-state index is 11.9. The third kappa shape index (κ3) is 6.09. The first-order valence-electron chi connectivity index (χ1n) is 8.37. The van der Waals surface area contributed by atoms with Crippen LogP contribution in [0.25, 0.3) is 0 Å². The quantitative estimate of drug-likeness (QED) is 0.314. The number of phosphoric acid groups is 1. The SMILES string of the molecule is CC(C)(C)C(=O)OCOP(=O)(O)OC(O)[C@@H]1CC[C@H](n2ccc(=O)[nH]c2=O)O1. The van der Waals surface area contributed by atoms with Crippen LogP contribution in [0.2, 0.25) is 0 Å². The lowest BCUT2D eigenvalue weighted by atomic mass is 9.98. The number of nitrogens with zero attached hydrogens (tertiary/aromatic N) is 1. The Kier molecular flexibility index (Phi) is 6.97. The zero-order valence-corrected chi connectivity index (χ0v) is 16.5. The number of hydrogen-bond donors (Lipinski definition) is 3. The summed E-state index contributed by atoms with van der Waals surface area (Å²) in [5.41, 5.74) is -2.08. The molecule has 2 rings (SSSR count). The van der Waals surface area contributed by atoms with Crippen LogP contribution in [0.15, 0.2) is 21.9 Å². The van der Waals surface area contributed by atoms with Gasteiger partial charge >= 0.3 is 19.5 Å². The second kappa shape index (κ2) is 8.68. The number of phosphoric ester groups is 1. The highest BCUT2D eigenvalue weighted by molar-refractivity contribution is 7.47. The number of esters is 1. The summed E-state index contributed by atoms with van der Waals surface area (Å²) >= 11 is 0. The van der Waals surface area contributed by atoms with E-state index in [1.807, 2.05) is 0 Å². The number of ether oxygens (including phenoxy) is 2. The molecule has 13 heteroatoms. The fraction of sp³-hybridized carbons (Fsp3) is 0.667. The molecule has 12 nitrogen and oxygen atoms in total. The van der Waals surface area contributed by atoms with E-state index in [0.717, 1.165) is 10.6 Å². The number of carbonyl (C=O) groups is 1. The molecule has 0 bridgehead atoms. The Morgan fingerprint density at radius 3 is 2.71 bits per heavy atom. The van der Waals surface area contributed by atoms with E-state index in [1.54, 1.807) is 20.8 Å². The summed E-state index contributed by atoms with van der Waals surface area (Å²) < 4.78 is 32.2. The van der Waals surface area contributed by atoms with Gasteiger partial charge in [0.25, 0.3) is 5.56 Å². The van der Waals surface area contributed by atoms with Crippen molar-refractivity contribution in [2.75, 3.05) is 6.79 Å². The van der Waals surface area contributed by atoms with Crippen molar-refractivity contribution in [1.82, 2.24) is 9.55 Å². The number of carbonyl (C=O) groups excluding carboxylic acids is 1. The molecule has 0 aliphatic carbocycles. The average Bonchev–Trinajstić information content (AvgIpc) is 3.03. The van der Waals surface area contributed by atoms with Crippen LogP contribution in [-0.2, 0) is 27.9 Å². The average molecular weight is 422 g/mol. The van der Waals surface area contributed by atoms with Gasteiger partial charge in [-0.15, -0.1) is 0 Å². The fourth-order valence-corrected chi connectivity index (χ4v) is 2.97. The topological polar surface area (TPSA) is 166 Å². The van der Waals surface area contributed by atoms with E-state index >= 15 is 0 Å². The molecular weight excluding hydrogens is 399 g/mol. The first-order valence-corrected chi connectivity index (χ1v) is 9.86. The highest BCUT2D eigenvalue weighted by Gasteiger charge is 2.37. The molecule has 1 aromatic heterocycles. The number of aliphatic hydroxyl groups excluding tert-OH is 1. The van der Waals surface area contributed by atoms with Crippen LogP contribution in [0.5, 0.6) is 0 Å². The molecule has 1 saturated heterocycles. The van der Waals surface area contributed by atoms with Crippen molar-refractivity contribution >= 4 is 13.8 Å². The maximum Gasteiger partial charge on any atom is 0.477 e. The largest absolute Gasteiger partial charge is 0.477 e. The zero-order valence-electron chi connectivity index (χ0n) is 15.6. The molecule has 1 aliphatic heterocycles. The monoisotopic (exact) mass is 422 g/mol. The van der Waals surface area contributed by atoms with Gasteiger partial charge in [-0.2, -0.15) is 0 Å². The number of aliphatic hydroxyl groups is 1. The Morgan fingerprint density at radius 1 is 1.43 bits per heavy atom. The van der Waals surface area contributed by atoms with Crippen molar-refractivity contribution in [3.63, 3.8) is 0 Å². The van der Waals surface area contributed by atoms with Crippen LogP contribution in [0.4, 0.5) is 0 Å². The molecule has 1 aliphatic rings. The Bertz CT molecular complexity index is 857. The molecule has 3 N–H and O–H groups in total. The number of rotatable bonds is 7. The van der Waals surface area contributed by atoms with E-state index in [9.17, 15) is 28.9 Å². The molecule has 1 fully saturated rings. The van der Waals surface area contributed by atoms with E-state index in [4.69, 9.17) is 9.47 Å². The predicted octanol–water partition coefficient (Wildman–Crippen LogP) is 0.213. The number of H-pyrrole nitrogens is 1. The van der Waals surface area contributed by atoms with Crippen molar-refractivity contribution in [3.8, 4) is 0 Å². The van der Waals surface area contributed by atoms with Crippen molar-refractivity contribution in [2.45, 2.75) is 52.2 Å². The Hall–Kier alpha value is -1.82. The molecule has 2 unspecified atom stereocenters. The normalized spacial score (nSPS) is 23.2. The third-order valence-electron chi connectivity index (χ3n) is 3.77.